The van der Waals surface area contributed by atoms with Gasteiger partial charge in [0.15, 0.2) is 0 Å². The second kappa shape index (κ2) is 5.43. The Bertz CT molecular complexity index is 541. The lowest BCUT2D eigenvalue weighted by Crippen LogP contribution is -2.08. The van der Waals surface area contributed by atoms with Crippen LogP contribution >= 0.6 is 0 Å². The van der Waals surface area contributed by atoms with E-state index in [9.17, 15) is 0 Å². The fraction of sp³-hybridized carbons (Fsp3) is 0.353. The van der Waals surface area contributed by atoms with Gasteiger partial charge in [0.25, 0.3) is 0 Å². The molecule has 0 radical (unpaired) electrons. The van der Waals surface area contributed by atoms with Crippen LogP contribution in [0.4, 0.5) is 5.69 Å². The molecular formula is C17H20N2. The lowest BCUT2D eigenvalue weighted by molar-refractivity contribution is 0.420. The van der Waals surface area contributed by atoms with Crippen molar-refractivity contribution in [2.45, 2.75) is 32.1 Å². The molecule has 1 heterocycles. The molecule has 1 aromatic carbocycles. The maximum Gasteiger partial charge on any atom is 0.0722 e. The molecule has 3 rings (SSSR count). The van der Waals surface area contributed by atoms with Crippen LogP contribution in [0.15, 0.2) is 42.6 Å². The first-order valence-electron chi connectivity index (χ1n) is 7.17. The van der Waals surface area contributed by atoms with Crippen LogP contribution in [-0.4, -0.2) is 11.5 Å². The van der Waals surface area contributed by atoms with E-state index in [-0.39, 0.29) is 0 Å². The summed E-state index contributed by atoms with van der Waals surface area (Å²) in [5, 5.41) is 3.33. The summed E-state index contributed by atoms with van der Waals surface area (Å²) < 4.78 is 0. The Morgan fingerprint density at radius 2 is 1.95 bits per heavy atom. The van der Waals surface area contributed by atoms with Crippen molar-refractivity contribution < 1.29 is 0 Å². The van der Waals surface area contributed by atoms with Crippen LogP contribution < -0.4 is 5.32 Å². The summed E-state index contributed by atoms with van der Waals surface area (Å²) in [6.45, 7) is 3.04. The molecule has 0 aliphatic heterocycles. The van der Waals surface area contributed by atoms with Crippen molar-refractivity contribution in [3.05, 3.63) is 48.2 Å². The number of rotatable bonds is 4. The van der Waals surface area contributed by atoms with Gasteiger partial charge in [-0.1, -0.05) is 30.7 Å². The number of pyridine rings is 1. The van der Waals surface area contributed by atoms with Gasteiger partial charge in [0, 0.05) is 24.0 Å². The molecule has 0 atom stereocenters. The predicted octanol–water partition coefficient (Wildman–Crippen LogP) is 4.45. The summed E-state index contributed by atoms with van der Waals surface area (Å²) in [5.74, 6) is 0.801. The Kier molecular flexibility index (Phi) is 3.49. The third-order valence-electron chi connectivity index (χ3n) is 3.92. The van der Waals surface area contributed by atoms with Crippen molar-refractivity contribution >= 4 is 5.69 Å². The normalized spacial score (nSPS) is 15.0. The largest absolute Gasteiger partial charge is 0.385 e. The van der Waals surface area contributed by atoms with Crippen molar-refractivity contribution in [3.8, 4) is 11.3 Å². The highest BCUT2D eigenvalue weighted by molar-refractivity contribution is 5.64. The second-order valence-electron chi connectivity index (χ2n) is 5.21. The Morgan fingerprint density at radius 3 is 2.58 bits per heavy atom. The van der Waals surface area contributed by atoms with Gasteiger partial charge in [-0.05, 0) is 43.4 Å². The van der Waals surface area contributed by atoms with E-state index in [1.807, 2.05) is 12.3 Å². The quantitative estimate of drug-likeness (QED) is 0.869. The SMILES string of the molecule is CCNc1ccnc(-c2ccc(C3CCC3)cc2)c1. The molecule has 1 aliphatic rings. The lowest BCUT2D eigenvalue weighted by Gasteiger charge is -2.25. The van der Waals surface area contributed by atoms with Crippen molar-refractivity contribution in [3.63, 3.8) is 0 Å². The number of hydrogen-bond donors (Lipinski definition) is 1. The summed E-state index contributed by atoms with van der Waals surface area (Å²) in [5.41, 5.74) is 4.86. The van der Waals surface area contributed by atoms with Crippen LogP contribution in [0.5, 0.6) is 0 Å². The van der Waals surface area contributed by atoms with E-state index >= 15 is 0 Å². The summed E-state index contributed by atoms with van der Waals surface area (Å²) in [7, 11) is 0. The molecule has 0 spiro atoms. The predicted molar refractivity (Wildman–Crippen MR) is 80.4 cm³/mol. The first-order valence-corrected chi connectivity index (χ1v) is 7.17. The number of nitrogens with zero attached hydrogens (tertiary/aromatic N) is 1. The Labute approximate surface area is 114 Å². The Hall–Kier alpha value is -1.83. The molecule has 1 fully saturated rings. The molecule has 1 N–H and O–H groups in total. The molecular weight excluding hydrogens is 232 g/mol. The van der Waals surface area contributed by atoms with E-state index in [2.05, 4.69) is 47.6 Å². The zero-order valence-electron chi connectivity index (χ0n) is 11.4. The highest BCUT2D eigenvalue weighted by Crippen LogP contribution is 2.36. The number of hydrogen-bond acceptors (Lipinski definition) is 2. The standard InChI is InChI=1S/C17H20N2/c1-2-18-16-10-11-19-17(12-16)15-8-6-14(7-9-15)13-4-3-5-13/h6-13H,2-5H2,1H3,(H,18,19). The zero-order valence-corrected chi connectivity index (χ0v) is 11.4. The number of aromatic nitrogens is 1. The third-order valence-corrected chi connectivity index (χ3v) is 3.92. The van der Waals surface area contributed by atoms with Crippen LogP contribution in [0.25, 0.3) is 11.3 Å². The Balaban J connectivity index is 1.82. The van der Waals surface area contributed by atoms with Gasteiger partial charge < -0.3 is 5.32 Å². The molecule has 1 aromatic heterocycles. The van der Waals surface area contributed by atoms with Gasteiger partial charge in [0.05, 0.1) is 5.69 Å². The molecule has 2 nitrogen and oxygen atoms in total. The Morgan fingerprint density at radius 1 is 1.16 bits per heavy atom. The monoisotopic (exact) mass is 252 g/mol. The van der Waals surface area contributed by atoms with Crippen molar-refractivity contribution in [1.82, 2.24) is 4.98 Å². The smallest absolute Gasteiger partial charge is 0.0722 e. The number of benzene rings is 1. The van der Waals surface area contributed by atoms with Gasteiger partial charge in [-0.2, -0.15) is 0 Å². The van der Waals surface area contributed by atoms with Gasteiger partial charge in [-0.3, -0.25) is 4.98 Å². The molecule has 2 heteroatoms. The summed E-state index contributed by atoms with van der Waals surface area (Å²) in [6.07, 6.45) is 5.97. The average Bonchev–Trinajstić information content (AvgIpc) is 2.38. The molecule has 0 unspecified atom stereocenters. The van der Waals surface area contributed by atoms with Crippen molar-refractivity contribution in [2.75, 3.05) is 11.9 Å². The fourth-order valence-electron chi connectivity index (χ4n) is 2.57. The third kappa shape index (κ3) is 2.62. The maximum absolute atomic E-state index is 4.46. The minimum Gasteiger partial charge on any atom is -0.385 e. The fourth-order valence-corrected chi connectivity index (χ4v) is 2.57. The van der Waals surface area contributed by atoms with Crippen LogP contribution in [0.3, 0.4) is 0 Å². The number of nitrogens with one attached hydrogen (secondary N) is 1. The molecule has 0 amide bonds. The highest BCUT2D eigenvalue weighted by atomic mass is 14.9. The topological polar surface area (TPSA) is 24.9 Å². The van der Waals surface area contributed by atoms with Crippen LogP contribution in [-0.2, 0) is 0 Å². The van der Waals surface area contributed by atoms with E-state index in [0.29, 0.717) is 0 Å². The van der Waals surface area contributed by atoms with Crippen LogP contribution in [0, 0.1) is 0 Å². The van der Waals surface area contributed by atoms with Crippen molar-refractivity contribution in [2.24, 2.45) is 0 Å². The second-order valence-corrected chi connectivity index (χ2v) is 5.21. The summed E-state index contributed by atoms with van der Waals surface area (Å²) >= 11 is 0. The van der Waals surface area contributed by atoms with E-state index < -0.39 is 0 Å². The van der Waals surface area contributed by atoms with Gasteiger partial charge >= 0.3 is 0 Å². The van der Waals surface area contributed by atoms with E-state index in [1.54, 1.807) is 0 Å². The molecule has 1 saturated carbocycles. The highest BCUT2D eigenvalue weighted by Gasteiger charge is 2.19. The molecule has 98 valence electrons. The van der Waals surface area contributed by atoms with Gasteiger partial charge in [0.1, 0.15) is 0 Å². The lowest BCUT2D eigenvalue weighted by atomic mass is 9.80. The number of anilines is 1. The van der Waals surface area contributed by atoms with E-state index in [1.165, 1.54) is 30.4 Å². The van der Waals surface area contributed by atoms with E-state index in [4.69, 9.17) is 0 Å². The minimum atomic E-state index is 0.801. The molecule has 1 aliphatic carbocycles. The van der Waals surface area contributed by atoms with Gasteiger partial charge in [-0.15, -0.1) is 0 Å². The minimum absolute atomic E-state index is 0.801. The molecule has 0 saturated heterocycles. The zero-order chi connectivity index (χ0) is 13.1. The summed E-state index contributed by atoms with van der Waals surface area (Å²) in [4.78, 5) is 4.46. The van der Waals surface area contributed by atoms with Gasteiger partial charge in [-0.25, -0.2) is 0 Å². The first-order chi connectivity index (χ1) is 9.36. The maximum atomic E-state index is 4.46. The van der Waals surface area contributed by atoms with Crippen molar-refractivity contribution in [1.29, 1.82) is 0 Å². The molecule has 2 aromatic rings. The van der Waals surface area contributed by atoms with Crippen LogP contribution in [0.1, 0.15) is 37.7 Å². The first kappa shape index (κ1) is 12.2. The molecule has 19 heavy (non-hydrogen) atoms. The van der Waals surface area contributed by atoms with Gasteiger partial charge in [0.2, 0.25) is 0 Å². The summed E-state index contributed by atoms with van der Waals surface area (Å²) in [6, 6.07) is 13.1. The van der Waals surface area contributed by atoms with E-state index in [0.717, 1.165) is 23.8 Å². The van der Waals surface area contributed by atoms with Crippen LogP contribution in [0.2, 0.25) is 0 Å². The molecule has 0 bridgehead atoms. The average molecular weight is 252 g/mol.